The molecule has 6 nitrogen and oxygen atoms in total. The average Bonchev–Trinajstić information content (AvgIpc) is 3.08. The van der Waals surface area contributed by atoms with Gasteiger partial charge in [0.25, 0.3) is 0 Å². The summed E-state index contributed by atoms with van der Waals surface area (Å²) in [6.45, 7) is 1.77. The molecule has 1 aliphatic carbocycles. The molecule has 2 aromatic carbocycles. The molecule has 1 atom stereocenters. The van der Waals surface area contributed by atoms with Crippen LogP contribution in [0.25, 0.3) is 10.9 Å². The molecule has 0 unspecified atom stereocenters. The molecule has 0 radical (unpaired) electrons. The number of fused-ring (bicyclic) bond motifs is 2. The zero-order valence-corrected chi connectivity index (χ0v) is 17.2. The van der Waals surface area contributed by atoms with E-state index < -0.39 is 10.0 Å². The lowest BCUT2D eigenvalue weighted by atomic mass is 10.1. The Balaban J connectivity index is 1.54. The molecule has 0 bridgehead atoms. The molecule has 150 valence electrons. The van der Waals surface area contributed by atoms with E-state index in [0.29, 0.717) is 6.42 Å². The van der Waals surface area contributed by atoms with Crippen molar-refractivity contribution in [3.05, 3.63) is 71.4 Å². The molecular weight excluding hydrogens is 386 g/mol. The third-order valence-electron chi connectivity index (χ3n) is 5.30. The summed E-state index contributed by atoms with van der Waals surface area (Å²) in [6, 6.07) is 14.9. The predicted octanol–water partition coefficient (Wildman–Crippen LogP) is 2.66. The number of pyridine rings is 1. The largest absolute Gasteiger partial charge is 0.353 e. The number of benzene rings is 2. The molecule has 0 aliphatic heterocycles. The van der Waals surface area contributed by atoms with Gasteiger partial charge in [0.15, 0.2) is 0 Å². The molecular formula is C22H23N3O3S. The van der Waals surface area contributed by atoms with Crippen LogP contribution in [0, 0.1) is 0 Å². The maximum Gasteiger partial charge on any atom is 0.243 e. The quantitative estimate of drug-likeness (QED) is 0.703. The second-order valence-corrected chi connectivity index (χ2v) is 9.57. The Morgan fingerprint density at radius 2 is 1.93 bits per heavy atom. The summed E-state index contributed by atoms with van der Waals surface area (Å²) in [5.41, 5.74) is 3.86. The van der Waals surface area contributed by atoms with Crippen molar-refractivity contribution < 1.29 is 13.2 Å². The fourth-order valence-corrected chi connectivity index (χ4v) is 5.10. The number of nitrogens with zero attached hydrogens (tertiary/aromatic N) is 2. The molecule has 0 spiro atoms. The summed E-state index contributed by atoms with van der Waals surface area (Å²) in [4.78, 5) is 15.9. The summed E-state index contributed by atoms with van der Waals surface area (Å²) >= 11 is 0. The molecule has 0 saturated carbocycles. The van der Waals surface area contributed by atoms with Gasteiger partial charge in [-0.2, -0.15) is 4.31 Å². The fourth-order valence-electron chi connectivity index (χ4n) is 3.89. The summed E-state index contributed by atoms with van der Waals surface area (Å²) in [7, 11) is -2.03. The highest BCUT2D eigenvalue weighted by Gasteiger charge is 2.26. The van der Waals surface area contributed by atoms with Crippen LogP contribution in [0.15, 0.2) is 59.6 Å². The van der Waals surface area contributed by atoms with E-state index >= 15 is 0 Å². The summed E-state index contributed by atoms with van der Waals surface area (Å²) < 4.78 is 27.6. The first-order valence-corrected chi connectivity index (χ1v) is 11.0. The Kier molecular flexibility index (Phi) is 5.10. The number of sulfonamides is 1. The van der Waals surface area contributed by atoms with Crippen LogP contribution in [-0.4, -0.2) is 36.7 Å². The van der Waals surface area contributed by atoms with Gasteiger partial charge >= 0.3 is 0 Å². The number of carbonyl (C=O) groups excluding carboxylic acids is 1. The van der Waals surface area contributed by atoms with E-state index in [1.165, 1.54) is 11.2 Å². The van der Waals surface area contributed by atoms with Crippen LogP contribution in [0.3, 0.4) is 0 Å². The van der Waals surface area contributed by atoms with Crippen molar-refractivity contribution >= 4 is 26.8 Å². The number of aromatic nitrogens is 1. The summed E-state index contributed by atoms with van der Waals surface area (Å²) in [6.07, 6.45) is 3.12. The van der Waals surface area contributed by atoms with Crippen molar-refractivity contribution in [1.82, 2.24) is 14.6 Å². The van der Waals surface area contributed by atoms with Gasteiger partial charge in [0.2, 0.25) is 15.9 Å². The minimum Gasteiger partial charge on any atom is -0.353 e. The molecule has 3 aromatic rings. The van der Waals surface area contributed by atoms with Gasteiger partial charge in [-0.15, -0.1) is 0 Å². The van der Waals surface area contributed by atoms with Crippen molar-refractivity contribution in [2.24, 2.45) is 0 Å². The third kappa shape index (κ3) is 4.02. The Bertz CT molecular complexity index is 1190. The first kappa shape index (κ1) is 19.5. The van der Waals surface area contributed by atoms with Crippen LogP contribution >= 0.6 is 0 Å². The Morgan fingerprint density at radius 1 is 1.14 bits per heavy atom. The first-order chi connectivity index (χ1) is 13.8. The second-order valence-electron chi connectivity index (χ2n) is 7.53. The van der Waals surface area contributed by atoms with Crippen molar-refractivity contribution in [2.75, 3.05) is 7.05 Å². The van der Waals surface area contributed by atoms with Crippen LogP contribution < -0.4 is 5.32 Å². The van der Waals surface area contributed by atoms with E-state index in [4.69, 9.17) is 0 Å². The zero-order valence-electron chi connectivity index (χ0n) is 16.4. The van der Waals surface area contributed by atoms with Gasteiger partial charge in [-0.05, 0) is 59.9 Å². The lowest BCUT2D eigenvalue weighted by molar-refractivity contribution is -0.119. The third-order valence-corrected chi connectivity index (χ3v) is 7.10. The van der Waals surface area contributed by atoms with Crippen LogP contribution in [0.2, 0.25) is 0 Å². The molecule has 29 heavy (non-hydrogen) atoms. The highest BCUT2D eigenvalue weighted by atomic mass is 32.2. The predicted molar refractivity (Wildman–Crippen MR) is 112 cm³/mol. The van der Waals surface area contributed by atoms with Crippen molar-refractivity contribution in [2.45, 2.75) is 37.2 Å². The molecule has 1 amide bonds. The lowest BCUT2D eigenvalue weighted by Gasteiger charge is -2.18. The fraction of sp³-hybridized carbons (Fsp3) is 0.273. The number of amides is 1. The van der Waals surface area contributed by atoms with Gasteiger partial charge < -0.3 is 5.32 Å². The molecule has 4 rings (SSSR count). The van der Waals surface area contributed by atoms with Crippen molar-refractivity contribution in [1.29, 1.82) is 0 Å². The molecule has 7 heteroatoms. The van der Waals surface area contributed by atoms with E-state index in [1.54, 1.807) is 25.4 Å². The minimum absolute atomic E-state index is 0.0318. The maximum atomic E-state index is 13.1. The van der Waals surface area contributed by atoms with Gasteiger partial charge in [-0.1, -0.05) is 18.2 Å². The molecule has 1 heterocycles. The lowest BCUT2D eigenvalue weighted by Crippen LogP contribution is -2.33. The number of nitrogens with one attached hydrogen (secondary N) is 1. The number of hydrogen-bond acceptors (Lipinski definition) is 4. The van der Waals surface area contributed by atoms with E-state index in [0.717, 1.165) is 34.0 Å². The van der Waals surface area contributed by atoms with E-state index in [-0.39, 0.29) is 23.4 Å². The number of hydrogen-bond donors (Lipinski definition) is 1. The van der Waals surface area contributed by atoms with Gasteiger partial charge in [0.1, 0.15) is 0 Å². The van der Waals surface area contributed by atoms with Crippen LogP contribution in [0.5, 0.6) is 0 Å². The normalized spacial score (nSPS) is 16.2. The number of carbonyl (C=O) groups is 1. The van der Waals surface area contributed by atoms with Gasteiger partial charge in [0, 0.05) is 38.1 Å². The van der Waals surface area contributed by atoms with Crippen LogP contribution in [0.1, 0.15) is 23.6 Å². The first-order valence-electron chi connectivity index (χ1n) is 9.52. The molecule has 1 N–H and O–H groups in total. The van der Waals surface area contributed by atoms with Crippen LogP contribution in [-0.2, 0) is 34.2 Å². The summed E-state index contributed by atoms with van der Waals surface area (Å²) in [5.74, 6) is -0.0685. The van der Waals surface area contributed by atoms with E-state index in [9.17, 15) is 13.2 Å². The maximum absolute atomic E-state index is 13.1. The highest BCUT2D eigenvalue weighted by Crippen LogP contribution is 2.27. The SMILES string of the molecule is CC(=O)N[C@H]1Cc2ccc(S(=O)(=O)N(C)Cc3ccc4ncccc4c3)cc2C1. The number of rotatable bonds is 5. The van der Waals surface area contributed by atoms with Gasteiger partial charge in [-0.3, -0.25) is 9.78 Å². The smallest absolute Gasteiger partial charge is 0.243 e. The highest BCUT2D eigenvalue weighted by molar-refractivity contribution is 7.89. The van der Waals surface area contributed by atoms with Gasteiger partial charge in [0.05, 0.1) is 10.4 Å². The summed E-state index contributed by atoms with van der Waals surface area (Å²) in [5, 5.41) is 3.90. The van der Waals surface area contributed by atoms with Crippen molar-refractivity contribution in [3.8, 4) is 0 Å². The molecule has 1 aromatic heterocycles. The second kappa shape index (κ2) is 7.57. The average molecular weight is 410 g/mol. The Labute approximate surface area is 170 Å². The van der Waals surface area contributed by atoms with E-state index in [2.05, 4.69) is 10.3 Å². The standard InChI is InChI=1S/C22H23N3O3S/c1-15(26)24-20-11-17-6-7-21(13-19(17)12-20)29(27,28)25(2)14-16-5-8-22-18(10-16)4-3-9-23-22/h3-10,13,20H,11-12,14H2,1-2H3,(H,24,26)/t20-/m0/s1. The topological polar surface area (TPSA) is 79.4 Å². The Morgan fingerprint density at radius 3 is 2.72 bits per heavy atom. The molecule has 1 aliphatic rings. The Hall–Kier alpha value is -2.77. The zero-order chi connectivity index (χ0) is 20.6. The molecule has 0 saturated heterocycles. The van der Waals surface area contributed by atoms with Crippen molar-refractivity contribution in [3.63, 3.8) is 0 Å². The van der Waals surface area contributed by atoms with Crippen LogP contribution in [0.4, 0.5) is 0 Å². The minimum atomic E-state index is -3.62. The molecule has 0 fully saturated rings. The van der Waals surface area contributed by atoms with E-state index in [1.807, 2.05) is 36.4 Å². The van der Waals surface area contributed by atoms with Gasteiger partial charge in [-0.25, -0.2) is 8.42 Å². The monoisotopic (exact) mass is 409 g/mol.